The van der Waals surface area contributed by atoms with Crippen molar-refractivity contribution in [2.75, 3.05) is 7.11 Å². The first kappa shape index (κ1) is 16.8. The zero-order valence-corrected chi connectivity index (χ0v) is 14.1. The molecular weight excluding hydrogens is 292 g/mol. The van der Waals surface area contributed by atoms with E-state index in [2.05, 4.69) is 10.5 Å². The molecule has 0 heterocycles. The highest BCUT2D eigenvalue weighted by Crippen LogP contribution is 2.22. The summed E-state index contributed by atoms with van der Waals surface area (Å²) >= 11 is 0. The smallest absolute Gasteiger partial charge is 0.428 e. The van der Waals surface area contributed by atoms with Gasteiger partial charge < -0.3 is 9.47 Å². The lowest BCUT2D eigenvalue weighted by molar-refractivity contribution is 0.0529. The number of hydrazone groups is 1. The van der Waals surface area contributed by atoms with E-state index in [9.17, 15) is 4.79 Å². The van der Waals surface area contributed by atoms with Crippen LogP contribution in [0.1, 0.15) is 33.3 Å². The van der Waals surface area contributed by atoms with Crippen molar-refractivity contribution >= 4 is 22.6 Å². The molecule has 0 spiro atoms. The lowest BCUT2D eigenvalue weighted by Crippen LogP contribution is -2.30. The number of ether oxygens (including phenoxy) is 2. The van der Waals surface area contributed by atoms with Gasteiger partial charge in [0.15, 0.2) is 0 Å². The van der Waals surface area contributed by atoms with Crippen molar-refractivity contribution in [3.63, 3.8) is 0 Å². The van der Waals surface area contributed by atoms with Crippen molar-refractivity contribution in [2.24, 2.45) is 5.10 Å². The van der Waals surface area contributed by atoms with E-state index >= 15 is 0 Å². The van der Waals surface area contributed by atoms with Gasteiger partial charge in [-0.1, -0.05) is 18.2 Å². The molecule has 122 valence electrons. The molecule has 1 amide bonds. The molecule has 0 aliphatic carbocycles. The predicted octanol–water partition coefficient (Wildman–Crippen LogP) is 4.10. The van der Waals surface area contributed by atoms with Gasteiger partial charge in [0.2, 0.25) is 0 Å². The Morgan fingerprint density at radius 2 is 1.74 bits per heavy atom. The van der Waals surface area contributed by atoms with Crippen LogP contribution in [-0.2, 0) is 4.74 Å². The molecule has 5 heteroatoms. The summed E-state index contributed by atoms with van der Waals surface area (Å²) in [6, 6.07) is 11.9. The molecule has 2 aromatic carbocycles. The van der Waals surface area contributed by atoms with Crippen molar-refractivity contribution in [1.29, 1.82) is 0 Å². The molecule has 23 heavy (non-hydrogen) atoms. The Bertz CT molecular complexity index is 746. The highest BCUT2D eigenvalue weighted by Gasteiger charge is 2.15. The van der Waals surface area contributed by atoms with E-state index < -0.39 is 11.7 Å². The fraction of sp³-hybridized carbons (Fsp3) is 0.333. The van der Waals surface area contributed by atoms with Crippen LogP contribution in [0.4, 0.5) is 4.79 Å². The molecule has 0 saturated carbocycles. The van der Waals surface area contributed by atoms with Gasteiger partial charge in [-0.3, -0.25) is 0 Å². The maximum absolute atomic E-state index is 11.6. The summed E-state index contributed by atoms with van der Waals surface area (Å²) in [4.78, 5) is 11.6. The van der Waals surface area contributed by atoms with E-state index in [4.69, 9.17) is 9.47 Å². The summed E-state index contributed by atoms with van der Waals surface area (Å²) in [6.45, 7) is 7.25. The summed E-state index contributed by atoms with van der Waals surface area (Å²) in [6.07, 6.45) is -0.567. The zero-order chi connectivity index (χ0) is 17.0. The normalized spacial score (nSPS) is 12.1. The van der Waals surface area contributed by atoms with Gasteiger partial charge in [0.05, 0.1) is 12.8 Å². The number of carbonyl (C=O) groups excluding carboxylic acids is 1. The molecule has 0 fully saturated rings. The van der Waals surface area contributed by atoms with E-state index in [1.165, 1.54) is 0 Å². The summed E-state index contributed by atoms with van der Waals surface area (Å²) in [5, 5.41) is 6.25. The molecule has 0 unspecified atom stereocenters. The van der Waals surface area contributed by atoms with Gasteiger partial charge in [0.1, 0.15) is 11.4 Å². The largest absolute Gasteiger partial charge is 0.497 e. The summed E-state index contributed by atoms with van der Waals surface area (Å²) in [5.74, 6) is 0.822. The number of amides is 1. The van der Waals surface area contributed by atoms with Gasteiger partial charge in [0, 0.05) is 0 Å². The lowest BCUT2D eigenvalue weighted by atomic mass is 10.0. The van der Waals surface area contributed by atoms with E-state index in [0.29, 0.717) is 5.71 Å². The molecule has 0 atom stereocenters. The van der Waals surface area contributed by atoms with Crippen molar-refractivity contribution < 1.29 is 14.3 Å². The van der Waals surface area contributed by atoms with Crippen LogP contribution in [0.15, 0.2) is 41.5 Å². The van der Waals surface area contributed by atoms with Crippen LogP contribution in [-0.4, -0.2) is 24.5 Å². The maximum Gasteiger partial charge on any atom is 0.428 e. The molecule has 0 bridgehead atoms. The number of benzene rings is 2. The predicted molar refractivity (Wildman–Crippen MR) is 92.1 cm³/mol. The van der Waals surface area contributed by atoms with Gasteiger partial charge >= 0.3 is 6.09 Å². The fourth-order valence-electron chi connectivity index (χ4n) is 2.07. The number of hydrogen-bond acceptors (Lipinski definition) is 4. The van der Waals surface area contributed by atoms with Crippen LogP contribution < -0.4 is 10.2 Å². The Kier molecular flexibility index (Phi) is 4.89. The second kappa shape index (κ2) is 6.69. The number of nitrogens with one attached hydrogen (secondary N) is 1. The number of rotatable bonds is 3. The monoisotopic (exact) mass is 314 g/mol. The number of carbonyl (C=O) groups is 1. The van der Waals surface area contributed by atoms with Crippen molar-refractivity contribution in [2.45, 2.75) is 33.3 Å². The Morgan fingerprint density at radius 3 is 2.39 bits per heavy atom. The molecule has 2 rings (SSSR count). The van der Waals surface area contributed by atoms with E-state index in [-0.39, 0.29) is 0 Å². The van der Waals surface area contributed by atoms with E-state index in [1.54, 1.807) is 27.9 Å². The number of methoxy groups -OCH3 is 1. The number of fused-ring (bicyclic) bond motifs is 1. The van der Waals surface area contributed by atoms with Gasteiger partial charge in [-0.25, -0.2) is 10.2 Å². The van der Waals surface area contributed by atoms with Crippen LogP contribution in [0, 0.1) is 0 Å². The average Bonchev–Trinajstić information content (AvgIpc) is 2.49. The third kappa shape index (κ3) is 4.71. The van der Waals surface area contributed by atoms with Crippen LogP contribution in [0.25, 0.3) is 10.8 Å². The minimum Gasteiger partial charge on any atom is -0.497 e. The quantitative estimate of drug-likeness (QED) is 0.685. The summed E-state index contributed by atoms with van der Waals surface area (Å²) < 4.78 is 10.4. The molecule has 0 aromatic heterocycles. The van der Waals surface area contributed by atoms with Crippen LogP contribution >= 0.6 is 0 Å². The second-order valence-electron chi connectivity index (χ2n) is 6.24. The van der Waals surface area contributed by atoms with Crippen molar-refractivity contribution in [1.82, 2.24) is 5.43 Å². The van der Waals surface area contributed by atoms with Crippen LogP contribution in [0.5, 0.6) is 5.75 Å². The lowest BCUT2D eigenvalue weighted by Gasteiger charge is -2.18. The van der Waals surface area contributed by atoms with Gasteiger partial charge in [-0.05, 0) is 62.2 Å². The van der Waals surface area contributed by atoms with E-state index in [1.807, 2.05) is 43.3 Å². The first-order chi connectivity index (χ1) is 10.8. The molecule has 0 radical (unpaired) electrons. The standard InChI is InChI=1S/C18H22N2O3/c1-12(19-20-17(21)23-18(2,3)4)13-6-7-15-11-16(22-5)9-8-14(15)10-13/h6-11H,1-5H3,(H,20,21)/b19-12-. The number of nitrogens with zero attached hydrogens (tertiary/aromatic N) is 1. The van der Waals surface area contributed by atoms with Gasteiger partial charge in [0.25, 0.3) is 0 Å². The summed E-state index contributed by atoms with van der Waals surface area (Å²) in [7, 11) is 1.65. The average molecular weight is 314 g/mol. The van der Waals surface area contributed by atoms with Crippen LogP contribution in [0.2, 0.25) is 0 Å². The van der Waals surface area contributed by atoms with Gasteiger partial charge in [-0.2, -0.15) is 5.10 Å². The Morgan fingerprint density at radius 1 is 1.09 bits per heavy atom. The minimum atomic E-state index is -0.567. The molecule has 0 saturated heterocycles. The molecule has 1 N–H and O–H groups in total. The molecule has 0 aliphatic rings. The summed E-state index contributed by atoms with van der Waals surface area (Å²) in [5.41, 5.74) is 3.50. The molecule has 5 nitrogen and oxygen atoms in total. The minimum absolute atomic E-state index is 0.546. The molecule has 0 aliphatic heterocycles. The van der Waals surface area contributed by atoms with Crippen LogP contribution in [0.3, 0.4) is 0 Å². The second-order valence-corrected chi connectivity index (χ2v) is 6.24. The fourth-order valence-corrected chi connectivity index (χ4v) is 2.07. The Balaban J connectivity index is 2.15. The number of hydrogen-bond donors (Lipinski definition) is 1. The zero-order valence-electron chi connectivity index (χ0n) is 14.1. The highest BCUT2D eigenvalue weighted by atomic mass is 16.6. The topological polar surface area (TPSA) is 59.9 Å². The van der Waals surface area contributed by atoms with Crippen molar-refractivity contribution in [3.8, 4) is 5.75 Å². The highest BCUT2D eigenvalue weighted by molar-refractivity contribution is 6.02. The van der Waals surface area contributed by atoms with Gasteiger partial charge in [-0.15, -0.1) is 0 Å². The molecular formula is C18H22N2O3. The Labute approximate surface area is 136 Å². The first-order valence-corrected chi connectivity index (χ1v) is 7.40. The SMILES string of the molecule is COc1ccc2cc(/C(C)=N\NC(=O)OC(C)(C)C)ccc2c1. The Hall–Kier alpha value is -2.56. The van der Waals surface area contributed by atoms with Crippen molar-refractivity contribution in [3.05, 3.63) is 42.0 Å². The third-order valence-electron chi connectivity index (χ3n) is 3.18. The maximum atomic E-state index is 11.6. The molecule has 2 aromatic rings. The van der Waals surface area contributed by atoms with E-state index in [0.717, 1.165) is 22.1 Å². The third-order valence-corrected chi connectivity index (χ3v) is 3.18. The first-order valence-electron chi connectivity index (χ1n) is 7.40.